The third kappa shape index (κ3) is 2.29. The van der Waals surface area contributed by atoms with Crippen LogP contribution in [0.2, 0.25) is 0 Å². The second kappa shape index (κ2) is 5.54. The first-order valence-corrected chi connectivity index (χ1v) is 7.40. The van der Waals surface area contributed by atoms with Crippen LogP contribution in [0.3, 0.4) is 0 Å². The molecule has 2 unspecified atom stereocenters. The zero-order chi connectivity index (χ0) is 15.9. The van der Waals surface area contributed by atoms with Crippen LogP contribution in [-0.2, 0) is 4.79 Å². The highest BCUT2D eigenvalue weighted by Crippen LogP contribution is 2.41. The van der Waals surface area contributed by atoms with Crippen LogP contribution < -0.4 is 5.32 Å². The van der Waals surface area contributed by atoms with Crippen molar-refractivity contribution in [3.63, 3.8) is 0 Å². The number of benzene rings is 2. The largest absolute Gasteiger partial charge is 0.383 e. The van der Waals surface area contributed by atoms with E-state index in [0.29, 0.717) is 17.7 Å². The van der Waals surface area contributed by atoms with Crippen molar-refractivity contribution in [3.05, 3.63) is 64.5 Å². The Morgan fingerprint density at radius 3 is 2.68 bits per heavy atom. The summed E-state index contributed by atoms with van der Waals surface area (Å²) < 4.78 is 14.0. The number of hydrogen-bond donors (Lipinski definition) is 2. The van der Waals surface area contributed by atoms with Gasteiger partial charge >= 0.3 is 0 Å². The molecule has 1 aliphatic heterocycles. The van der Waals surface area contributed by atoms with E-state index in [0.717, 1.165) is 11.1 Å². The average molecular weight is 299 g/mol. The highest BCUT2D eigenvalue weighted by Gasteiger charge is 2.33. The Bertz CT molecular complexity index is 742. The van der Waals surface area contributed by atoms with E-state index in [1.807, 2.05) is 19.9 Å². The average Bonchev–Trinajstić information content (AvgIpc) is 2.81. The van der Waals surface area contributed by atoms with E-state index in [2.05, 4.69) is 5.32 Å². The molecule has 1 amide bonds. The second-order valence-corrected chi connectivity index (χ2v) is 5.69. The van der Waals surface area contributed by atoms with Crippen molar-refractivity contribution in [2.45, 2.75) is 32.3 Å². The number of rotatable bonds is 3. The number of amides is 1. The fourth-order valence-electron chi connectivity index (χ4n) is 3.10. The first-order valence-electron chi connectivity index (χ1n) is 7.40. The fraction of sp³-hybridized carbons (Fsp3) is 0.278. The molecule has 2 aromatic carbocycles. The number of aliphatic hydroxyl groups is 1. The van der Waals surface area contributed by atoms with Crippen molar-refractivity contribution in [2.24, 2.45) is 0 Å². The first kappa shape index (κ1) is 14.7. The zero-order valence-electron chi connectivity index (χ0n) is 12.6. The molecule has 22 heavy (non-hydrogen) atoms. The molecule has 0 spiro atoms. The van der Waals surface area contributed by atoms with E-state index in [1.165, 1.54) is 6.07 Å². The Morgan fingerprint density at radius 1 is 1.27 bits per heavy atom. The van der Waals surface area contributed by atoms with Gasteiger partial charge in [0, 0.05) is 11.1 Å². The molecule has 0 saturated heterocycles. The molecule has 2 atom stereocenters. The Balaban J connectivity index is 2.13. The number of aryl methyl sites for hydroxylation is 1. The summed E-state index contributed by atoms with van der Waals surface area (Å²) in [6.45, 7) is 3.86. The van der Waals surface area contributed by atoms with Crippen molar-refractivity contribution in [3.8, 4) is 0 Å². The van der Waals surface area contributed by atoms with Gasteiger partial charge in [0.1, 0.15) is 11.9 Å². The number of fused-ring (bicyclic) bond motifs is 1. The fourth-order valence-corrected chi connectivity index (χ4v) is 3.10. The van der Waals surface area contributed by atoms with Crippen LogP contribution in [0.25, 0.3) is 0 Å². The maximum absolute atomic E-state index is 14.0. The van der Waals surface area contributed by atoms with Gasteiger partial charge in [-0.3, -0.25) is 4.79 Å². The molecule has 0 radical (unpaired) electrons. The van der Waals surface area contributed by atoms with Crippen LogP contribution in [0.5, 0.6) is 0 Å². The lowest BCUT2D eigenvalue weighted by Crippen LogP contribution is -2.11. The Morgan fingerprint density at radius 2 is 2.00 bits per heavy atom. The van der Waals surface area contributed by atoms with E-state index in [-0.39, 0.29) is 17.4 Å². The van der Waals surface area contributed by atoms with E-state index in [9.17, 15) is 14.3 Å². The summed E-state index contributed by atoms with van der Waals surface area (Å²) >= 11 is 0. The van der Waals surface area contributed by atoms with Crippen LogP contribution in [-0.4, -0.2) is 11.0 Å². The molecule has 4 heteroatoms. The highest BCUT2D eigenvalue weighted by atomic mass is 19.1. The first-order chi connectivity index (χ1) is 10.5. The molecule has 0 fully saturated rings. The molecule has 0 bridgehead atoms. The van der Waals surface area contributed by atoms with Crippen LogP contribution >= 0.6 is 0 Å². The number of nitrogens with one attached hydrogen (secondary N) is 1. The summed E-state index contributed by atoms with van der Waals surface area (Å²) in [7, 11) is 0. The van der Waals surface area contributed by atoms with Crippen LogP contribution in [0, 0.1) is 12.7 Å². The van der Waals surface area contributed by atoms with Crippen molar-refractivity contribution < 1.29 is 14.3 Å². The molecule has 1 heterocycles. The number of anilines is 1. The molecule has 0 saturated carbocycles. The third-order valence-corrected chi connectivity index (χ3v) is 4.19. The van der Waals surface area contributed by atoms with Gasteiger partial charge in [-0.25, -0.2) is 4.39 Å². The number of hydrogen-bond acceptors (Lipinski definition) is 2. The summed E-state index contributed by atoms with van der Waals surface area (Å²) in [6, 6.07) is 9.91. The Kier molecular flexibility index (Phi) is 3.71. The molecule has 2 aromatic rings. The Hall–Kier alpha value is -2.20. The number of aliphatic hydroxyl groups excluding tert-OH is 1. The van der Waals surface area contributed by atoms with Gasteiger partial charge in [0.05, 0.1) is 11.6 Å². The number of carbonyl (C=O) groups is 1. The van der Waals surface area contributed by atoms with Gasteiger partial charge in [0.2, 0.25) is 5.91 Å². The van der Waals surface area contributed by atoms with Crippen LogP contribution in [0.4, 0.5) is 10.1 Å². The number of halogens is 1. The molecule has 114 valence electrons. The minimum atomic E-state index is -1.11. The van der Waals surface area contributed by atoms with Gasteiger partial charge in [0.15, 0.2) is 0 Å². The van der Waals surface area contributed by atoms with Crippen LogP contribution in [0.15, 0.2) is 36.4 Å². The summed E-state index contributed by atoms with van der Waals surface area (Å²) in [4.78, 5) is 12.1. The lowest BCUT2D eigenvalue weighted by atomic mass is 9.91. The molecular formula is C18H18FNO2. The summed E-state index contributed by atoms with van der Waals surface area (Å²) in [5, 5.41) is 13.5. The lowest BCUT2D eigenvalue weighted by Gasteiger charge is -2.17. The lowest BCUT2D eigenvalue weighted by molar-refractivity contribution is -0.117. The molecule has 2 N–H and O–H groups in total. The highest BCUT2D eigenvalue weighted by molar-refractivity contribution is 6.04. The van der Waals surface area contributed by atoms with Gasteiger partial charge < -0.3 is 10.4 Å². The zero-order valence-corrected chi connectivity index (χ0v) is 12.6. The molecule has 3 nitrogen and oxygen atoms in total. The van der Waals surface area contributed by atoms with Gasteiger partial charge in [0.25, 0.3) is 0 Å². The topological polar surface area (TPSA) is 49.3 Å². The minimum Gasteiger partial charge on any atom is -0.383 e. The predicted octanol–water partition coefficient (Wildman–Crippen LogP) is 3.66. The molecule has 0 aromatic heterocycles. The monoisotopic (exact) mass is 299 g/mol. The van der Waals surface area contributed by atoms with E-state index in [1.54, 1.807) is 24.3 Å². The van der Waals surface area contributed by atoms with Crippen molar-refractivity contribution in [1.29, 1.82) is 0 Å². The van der Waals surface area contributed by atoms with Gasteiger partial charge in [-0.2, -0.15) is 0 Å². The van der Waals surface area contributed by atoms with Gasteiger partial charge in [-0.1, -0.05) is 42.8 Å². The van der Waals surface area contributed by atoms with E-state index in [4.69, 9.17) is 0 Å². The maximum atomic E-state index is 14.0. The van der Waals surface area contributed by atoms with Crippen LogP contribution in [0.1, 0.15) is 47.6 Å². The van der Waals surface area contributed by atoms with E-state index >= 15 is 0 Å². The normalized spacial score (nSPS) is 18.0. The standard InChI is InChI=1S/C18H18FNO2/c1-3-11-13-8-10(2)9-14(16(13)20-18(11)22)17(21)12-6-4-5-7-15(12)19/h4-9,11,17,21H,3H2,1-2H3,(H,20,22). The molecular weight excluding hydrogens is 281 g/mol. The summed E-state index contributed by atoms with van der Waals surface area (Å²) in [5.74, 6) is -0.729. The molecule has 1 aliphatic rings. The third-order valence-electron chi connectivity index (χ3n) is 4.19. The minimum absolute atomic E-state index is 0.0647. The van der Waals surface area contributed by atoms with Crippen molar-refractivity contribution >= 4 is 11.6 Å². The smallest absolute Gasteiger partial charge is 0.232 e. The SMILES string of the molecule is CCC1C(=O)Nc2c1cc(C)cc2C(O)c1ccccc1F. The second-order valence-electron chi connectivity index (χ2n) is 5.69. The molecule has 0 aliphatic carbocycles. The van der Waals surface area contributed by atoms with E-state index < -0.39 is 11.9 Å². The van der Waals surface area contributed by atoms with Crippen molar-refractivity contribution in [1.82, 2.24) is 0 Å². The quantitative estimate of drug-likeness (QED) is 0.908. The maximum Gasteiger partial charge on any atom is 0.232 e. The summed E-state index contributed by atoms with van der Waals surface area (Å²) in [6.07, 6.45) is -0.414. The summed E-state index contributed by atoms with van der Waals surface area (Å²) in [5.41, 5.74) is 3.21. The Labute approximate surface area is 128 Å². The number of carbonyl (C=O) groups excluding carboxylic acids is 1. The van der Waals surface area contributed by atoms with Crippen molar-refractivity contribution in [2.75, 3.05) is 5.32 Å². The molecule has 3 rings (SSSR count). The van der Waals surface area contributed by atoms with Gasteiger partial charge in [-0.05, 0) is 25.0 Å². The van der Waals surface area contributed by atoms with Gasteiger partial charge in [-0.15, -0.1) is 0 Å². The predicted molar refractivity (Wildman–Crippen MR) is 83.3 cm³/mol.